The van der Waals surface area contributed by atoms with Gasteiger partial charge >= 0.3 is 11.9 Å². The highest BCUT2D eigenvalue weighted by atomic mass is 16.5. The summed E-state index contributed by atoms with van der Waals surface area (Å²) in [6.45, 7) is 12.8. The van der Waals surface area contributed by atoms with Gasteiger partial charge in [0.15, 0.2) is 0 Å². The number of rotatable bonds is 25. The molecule has 0 aromatic heterocycles. The van der Waals surface area contributed by atoms with Crippen LogP contribution in [-0.4, -0.2) is 88.5 Å². The van der Waals surface area contributed by atoms with E-state index in [-0.39, 0.29) is 11.9 Å². The molecule has 0 N–H and O–H groups in total. The molecule has 0 spiro atoms. The van der Waals surface area contributed by atoms with Crippen molar-refractivity contribution in [1.29, 1.82) is 0 Å². The molecule has 210 valence electrons. The highest BCUT2D eigenvalue weighted by molar-refractivity contribution is 5.81. The predicted octanol–water partition coefficient (Wildman–Crippen LogP) is 6.06. The van der Waals surface area contributed by atoms with Gasteiger partial charge in [0.2, 0.25) is 0 Å². The molecule has 0 saturated carbocycles. The third-order valence-corrected chi connectivity index (χ3v) is 6.95. The number of carbonyl (C=O) groups excluding carboxylic acids is 2. The summed E-state index contributed by atoms with van der Waals surface area (Å²) in [6, 6.07) is 0. The van der Waals surface area contributed by atoms with Crippen LogP contribution in [-0.2, 0) is 19.1 Å². The summed E-state index contributed by atoms with van der Waals surface area (Å²) in [5, 5.41) is 0. The Kier molecular flexibility index (Phi) is 20.4. The Morgan fingerprint density at radius 1 is 0.500 bits per heavy atom. The van der Waals surface area contributed by atoms with Gasteiger partial charge in [0.25, 0.3) is 0 Å². The normalized spacial score (nSPS) is 11.8. The lowest BCUT2D eigenvalue weighted by Gasteiger charge is -2.36. The second kappa shape index (κ2) is 21.4. The summed E-state index contributed by atoms with van der Waals surface area (Å²) in [6.07, 6.45) is 19.4. The van der Waals surface area contributed by atoms with E-state index in [0.29, 0.717) is 13.2 Å². The van der Waals surface area contributed by atoms with E-state index in [1.165, 1.54) is 103 Å². The lowest BCUT2D eigenvalue weighted by Crippen LogP contribution is -2.51. The van der Waals surface area contributed by atoms with Crippen molar-refractivity contribution in [3.05, 3.63) is 25.3 Å². The van der Waals surface area contributed by atoms with Crippen molar-refractivity contribution in [2.45, 2.75) is 89.9 Å². The SMILES string of the molecule is C=CC(=O)OCCCCCCCCC[N+](C)(C)CC[N+](C)(C)CCCCCCCCCOC(=O)C=C. The number of unbranched alkanes of at least 4 members (excludes halogenated alkanes) is 12. The fraction of sp³-hybridized carbons (Fsp3) is 0.800. The van der Waals surface area contributed by atoms with Crippen LogP contribution in [0.3, 0.4) is 0 Å². The second-order valence-corrected chi connectivity index (χ2v) is 11.5. The van der Waals surface area contributed by atoms with Gasteiger partial charge in [-0.05, 0) is 38.5 Å². The molecule has 36 heavy (non-hydrogen) atoms. The first-order valence-electron chi connectivity index (χ1n) is 14.3. The van der Waals surface area contributed by atoms with E-state index >= 15 is 0 Å². The Bertz CT molecular complexity index is 550. The third-order valence-electron chi connectivity index (χ3n) is 6.95. The maximum absolute atomic E-state index is 11.0. The number of esters is 2. The van der Waals surface area contributed by atoms with Crippen molar-refractivity contribution in [3.8, 4) is 0 Å². The van der Waals surface area contributed by atoms with Crippen molar-refractivity contribution < 1.29 is 28.0 Å². The van der Waals surface area contributed by atoms with Gasteiger partial charge in [-0.2, -0.15) is 0 Å². The number of nitrogens with zero attached hydrogens (tertiary/aromatic N) is 2. The maximum atomic E-state index is 11.0. The fourth-order valence-corrected chi connectivity index (χ4v) is 4.28. The monoisotopic (exact) mass is 510 g/mol. The van der Waals surface area contributed by atoms with E-state index in [0.717, 1.165) is 34.6 Å². The van der Waals surface area contributed by atoms with Gasteiger partial charge in [0.1, 0.15) is 13.1 Å². The topological polar surface area (TPSA) is 52.6 Å². The number of hydrogen-bond acceptors (Lipinski definition) is 4. The Hall–Kier alpha value is -1.66. The number of carbonyl (C=O) groups is 2. The number of likely N-dealkylation sites (N-methyl/N-ethyl adjacent to an activating group) is 2. The van der Waals surface area contributed by atoms with Crippen LogP contribution < -0.4 is 0 Å². The van der Waals surface area contributed by atoms with Gasteiger partial charge in [-0.1, -0.05) is 64.5 Å². The largest absolute Gasteiger partial charge is 0.463 e. The number of hydrogen-bond donors (Lipinski definition) is 0. The van der Waals surface area contributed by atoms with Crippen molar-refractivity contribution in [3.63, 3.8) is 0 Å². The van der Waals surface area contributed by atoms with Crippen LogP contribution in [0.4, 0.5) is 0 Å². The molecular weight excluding hydrogens is 452 g/mol. The highest BCUT2D eigenvalue weighted by Gasteiger charge is 2.22. The minimum absolute atomic E-state index is 0.316. The van der Waals surface area contributed by atoms with Crippen molar-refractivity contribution >= 4 is 11.9 Å². The zero-order valence-corrected chi connectivity index (χ0v) is 24.2. The maximum Gasteiger partial charge on any atom is 0.330 e. The lowest BCUT2D eigenvalue weighted by molar-refractivity contribution is -0.946. The molecule has 0 atom stereocenters. The molecule has 0 aromatic rings. The Morgan fingerprint density at radius 2 is 0.778 bits per heavy atom. The smallest absolute Gasteiger partial charge is 0.330 e. The van der Waals surface area contributed by atoms with Crippen molar-refractivity contribution in [2.24, 2.45) is 0 Å². The van der Waals surface area contributed by atoms with Gasteiger partial charge in [0.05, 0.1) is 54.5 Å². The van der Waals surface area contributed by atoms with Crippen LogP contribution in [0.1, 0.15) is 89.9 Å². The average molecular weight is 511 g/mol. The fourth-order valence-electron chi connectivity index (χ4n) is 4.28. The van der Waals surface area contributed by atoms with Gasteiger partial charge in [-0.3, -0.25) is 0 Å². The predicted molar refractivity (Wildman–Crippen MR) is 151 cm³/mol. The Morgan fingerprint density at radius 3 is 1.08 bits per heavy atom. The van der Waals surface area contributed by atoms with Crippen LogP contribution in [0.25, 0.3) is 0 Å². The summed E-state index contributed by atoms with van der Waals surface area (Å²) >= 11 is 0. The van der Waals surface area contributed by atoms with E-state index in [1.807, 2.05) is 0 Å². The standard InChI is InChI=1S/C30H58N2O4/c1-7-29(33)35-27-21-17-13-9-11-15-19-23-31(3,4)25-26-32(5,6)24-20-16-12-10-14-18-22-28-36-30(34)8-2/h7-8H,1-2,9-28H2,3-6H3/q+2. The molecule has 0 unspecified atom stereocenters. The van der Waals surface area contributed by atoms with Crippen LogP contribution in [0, 0.1) is 0 Å². The van der Waals surface area contributed by atoms with E-state index in [4.69, 9.17) is 9.47 Å². The quantitative estimate of drug-likeness (QED) is 0.0648. The zero-order chi connectivity index (χ0) is 27.1. The minimum atomic E-state index is -0.316. The molecule has 0 bridgehead atoms. The molecule has 0 aliphatic heterocycles. The molecule has 0 aliphatic carbocycles. The Balaban J connectivity index is 3.66. The third kappa shape index (κ3) is 22.8. The van der Waals surface area contributed by atoms with Crippen LogP contribution in [0.2, 0.25) is 0 Å². The van der Waals surface area contributed by atoms with Crippen molar-refractivity contribution in [2.75, 3.05) is 67.6 Å². The summed E-state index contributed by atoms with van der Waals surface area (Å²) < 4.78 is 12.2. The van der Waals surface area contributed by atoms with Crippen molar-refractivity contribution in [1.82, 2.24) is 0 Å². The summed E-state index contributed by atoms with van der Waals surface area (Å²) in [4.78, 5) is 22.0. The van der Waals surface area contributed by atoms with Crippen LogP contribution in [0.5, 0.6) is 0 Å². The van der Waals surface area contributed by atoms with Crippen LogP contribution >= 0.6 is 0 Å². The van der Waals surface area contributed by atoms with Gasteiger partial charge in [-0.25, -0.2) is 9.59 Å². The minimum Gasteiger partial charge on any atom is -0.463 e. The first kappa shape index (κ1) is 34.3. The summed E-state index contributed by atoms with van der Waals surface area (Å²) in [7, 11) is 9.51. The molecule has 6 nitrogen and oxygen atoms in total. The summed E-state index contributed by atoms with van der Waals surface area (Å²) in [5.74, 6) is -0.633. The molecule has 0 aliphatic rings. The molecular formula is C30H58N2O4+2. The van der Waals surface area contributed by atoms with E-state index < -0.39 is 0 Å². The number of ether oxygens (including phenoxy) is 2. The average Bonchev–Trinajstić information content (AvgIpc) is 2.84. The molecule has 6 heteroatoms. The lowest BCUT2D eigenvalue weighted by atomic mass is 10.1. The Labute approximate surface area is 222 Å². The van der Waals surface area contributed by atoms with Crippen LogP contribution in [0.15, 0.2) is 25.3 Å². The molecule has 0 aromatic carbocycles. The molecule has 0 rings (SSSR count). The van der Waals surface area contributed by atoms with Gasteiger partial charge < -0.3 is 18.4 Å². The summed E-state index contributed by atoms with van der Waals surface area (Å²) in [5.41, 5.74) is 0. The molecule has 0 radical (unpaired) electrons. The van der Waals surface area contributed by atoms with E-state index in [9.17, 15) is 9.59 Å². The first-order chi connectivity index (χ1) is 17.1. The molecule has 0 saturated heterocycles. The van der Waals surface area contributed by atoms with Gasteiger partial charge in [-0.15, -0.1) is 0 Å². The molecule has 0 amide bonds. The first-order valence-corrected chi connectivity index (χ1v) is 14.3. The molecule has 0 heterocycles. The zero-order valence-electron chi connectivity index (χ0n) is 24.2. The highest BCUT2D eigenvalue weighted by Crippen LogP contribution is 2.12. The van der Waals surface area contributed by atoms with Gasteiger partial charge in [0, 0.05) is 12.2 Å². The second-order valence-electron chi connectivity index (χ2n) is 11.5. The molecule has 0 fully saturated rings. The number of quaternary nitrogens is 2. The van der Waals surface area contributed by atoms with E-state index in [2.05, 4.69) is 41.3 Å². The van der Waals surface area contributed by atoms with E-state index in [1.54, 1.807) is 0 Å².